The molecule has 0 aliphatic rings. The average molecular weight is 308 g/mol. The maximum Gasteiger partial charge on any atom is 0.240 e. The van der Waals surface area contributed by atoms with Crippen molar-refractivity contribution in [3.63, 3.8) is 0 Å². The third-order valence-corrected chi connectivity index (χ3v) is 4.37. The van der Waals surface area contributed by atoms with Crippen molar-refractivity contribution in [1.82, 2.24) is 20.0 Å². The predicted molar refractivity (Wildman–Crippen MR) is 81.0 cm³/mol. The number of aromatic amines is 1. The number of sulfonamides is 1. The molecule has 1 aromatic carbocycles. The number of aromatic nitrogens is 2. The molecule has 0 amide bonds. The number of nitrogens with zero attached hydrogens (tertiary/aromatic N) is 1. The van der Waals surface area contributed by atoms with Crippen LogP contribution in [0.2, 0.25) is 0 Å². The molecule has 3 N–H and O–H groups in total. The highest BCUT2D eigenvalue weighted by Gasteiger charge is 2.13. The van der Waals surface area contributed by atoms with Crippen molar-refractivity contribution >= 4 is 10.0 Å². The van der Waals surface area contributed by atoms with Crippen LogP contribution in [0, 0.1) is 0 Å². The molecule has 0 atom stereocenters. The van der Waals surface area contributed by atoms with Gasteiger partial charge >= 0.3 is 0 Å². The Morgan fingerprint density at radius 2 is 1.90 bits per heavy atom. The van der Waals surface area contributed by atoms with Crippen LogP contribution in [0.5, 0.6) is 0 Å². The Balaban J connectivity index is 1.99. The second-order valence-corrected chi connectivity index (χ2v) is 6.85. The van der Waals surface area contributed by atoms with Gasteiger partial charge in [0.1, 0.15) is 0 Å². The number of rotatable bonds is 7. The van der Waals surface area contributed by atoms with Crippen LogP contribution in [0.3, 0.4) is 0 Å². The lowest BCUT2D eigenvalue weighted by Gasteiger charge is -2.09. The van der Waals surface area contributed by atoms with E-state index in [0.29, 0.717) is 6.04 Å². The number of hydrogen-bond acceptors (Lipinski definition) is 4. The van der Waals surface area contributed by atoms with Crippen LogP contribution in [-0.2, 0) is 23.1 Å². The summed E-state index contributed by atoms with van der Waals surface area (Å²) in [4.78, 5) is 6.96. The van der Waals surface area contributed by atoms with Crippen LogP contribution in [0.15, 0.2) is 41.7 Å². The molecule has 7 heteroatoms. The van der Waals surface area contributed by atoms with Crippen LogP contribution in [-0.4, -0.2) is 24.4 Å². The van der Waals surface area contributed by atoms with E-state index in [1.165, 1.54) is 6.33 Å². The zero-order valence-corrected chi connectivity index (χ0v) is 12.9. The van der Waals surface area contributed by atoms with Crippen molar-refractivity contribution in [3.8, 4) is 0 Å². The molecular formula is C14H20N4O2S. The largest absolute Gasteiger partial charge is 0.347 e. The summed E-state index contributed by atoms with van der Waals surface area (Å²) in [6.45, 7) is 5.05. The van der Waals surface area contributed by atoms with Crippen LogP contribution in [0.4, 0.5) is 0 Å². The fraction of sp³-hybridized carbons (Fsp3) is 0.357. The van der Waals surface area contributed by atoms with Crippen molar-refractivity contribution in [2.24, 2.45) is 0 Å². The molecule has 0 saturated heterocycles. The van der Waals surface area contributed by atoms with Gasteiger partial charge in [0.25, 0.3) is 0 Å². The second-order valence-electron chi connectivity index (χ2n) is 5.08. The monoisotopic (exact) mass is 308 g/mol. The van der Waals surface area contributed by atoms with Gasteiger partial charge in [0.2, 0.25) is 10.0 Å². The molecule has 0 spiro atoms. The molecule has 0 saturated carbocycles. The molecule has 0 fully saturated rings. The highest BCUT2D eigenvalue weighted by Crippen LogP contribution is 2.11. The van der Waals surface area contributed by atoms with Gasteiger partial charge in [-0.15, -0.1) is 0 Å². The Bertz CT molecular complexity index is 649. The first-order valence-corrected chi connectivity index (χ1v) is 8.25. The van der Waals surface area contributed by atoms with E-state index >= 15 is 0 Å². The molecule has 0 unspecified atom stereocenters. The molecule has 1 heterocycles. The van der Waals surface area contributed by atoms with E-state index in [2.05, 4.69) is 33.9 Å². The highest BCUT2D eigenvalue weighted by molar-refractivity contribution is 7.89. The van der Waals surface area contributed by atoms with Crippen molar-refractivity contribution in [1.29, 1.82) is 0 Å². The summed E-state index contributed by atoms with van der Waals surface area (Å²) in [5, 5.41) is 3.29. The molecule has 0 aliphatic carbocycles. The van der Waals surface area contributed by atoms with Gasteiger partial charge in [0.15, 0.2) is 0 Å². The molecule has 114 valence electrons. The number of hydrogen-bond donors (Lipinski definition) is 3. The summed E-state index contributed by atoms with van der Waals surface area (Å²) < 4.78 is 26.8. The first-order valence-electron chi connectivity index (χ1n) is 6.76. The number of nitrogens with one attached hydrogen (secondary N) is 3. The zero-order valence-electron chi connectivity index (χ0n) is 12.1. The maximum absolute atomic E-state index is 12.1. The number of benzene rings is 1. The van der Waals surface area contributed by atoms with E-state index in [0.717, 1.165) is 17.8 Å². The van der Waals surface area contributed by atoms with E-state index in [4.69, 9.17) is 0 Å². The molecule has 6 nitrogen and oxygen atoms in total. The first kappa shape index (κ1) is 15.7. The van der Waals surface area contributed by atoms with Crippen molar-refractivity contribution < 1.29 is 8.42 Å². The summed E-state index contributed by atoms with van der Waals surface area (Å²) in [6, 6.07) is 7.27. The molecule has 0 bridgehead atoms. The van der Waals surface area contributed by atoms with Crippen LogP contribution >= 0.6 is 0 Å². The van der Waals surface area contributed by atoms with Gasteiger partial charge in [-0.1, -0.05) is 26.0 Å². The van der Waals surface area contributed by atoms with Crippen LogP contribution < -0.4 is 10.0 Å². The van der Waals surface area contributed by atoms with Gasteiger partial charge in [0, 0.05) is 24.5 Å². The fourth-order valence-corrected chi connectivity index (χ4v) is 2.75. The van der Waals surface area contributed by atoms with E-state index in [-0.39, 0.29) is 11.4 Å². The van der Waals surface area contributed by atoms with Crippen molar-refractivity contribution in [2.75, 3.05) is 0 Å². The van der Waals surface area contributed by atoms with Gasteiger partial charge in [-0.25, -0.2) is 18.1 Å². The maximum atomic E-state index is 12.1. The smallest absolute Gasteiger partial charge is 0.240 e. The topological polar surface area (TPSA) is 86.9 Å². The van der Waals surface area contributed by atoms with Gasteiger partial charge < -0.3 is 10.3 Å². The summed E-state index contributed by atoms with van der Waals surface area (Å²) >= 11 is 0. The van der Waals surface area contributed by atoms with E-state index in [1.54, 1.807) is 18.3 Å². The van der Waals surface area contributed by atoms with Gasteiger partial charge in [-0.05, 0) is 17.7 Å². The zero-order chi connectivity index (χ0) is 15.3. The standard InChI is InChI=1S/C14H20N4O2S/c1-11(2)16-7-12-3-5-14(6-4-12)21(19,20)18-9-13-8-15-10-17-13/h3-6,8,10-11,16,18H,7,9H2,1-2H3,(H,15,17). The molecule has 1 aromatic heterocycles. The van der Waals surface area contributed by atoms with E-state index in [9.17, 15) is 8.42 Å². The number of imidazole rings is 1. The lowest BCUT2D eigenvalue weighted by molar-refractivity contribution is 0.579. The lowest BCUT2D eigenvalue weighted by Crippen LogP contribution is -2.24. The molecule has 2 rings (SSSR count). The minimum atomic E-state index is -3.50. The summed E-state index contributed by atoms with van der Waals surface area (Å²) in [6.07, 6.45) is 3.10. The Labute approximate surface area is 125 Å². The molecule has 21 heavy (non-hydrogen) atoms. The highest BCUT2D eigenvalue weighted by atomic mass is 32.2. The Morgan fingerprint density at radius 1 is 1.19 bits per heavy atom. The van der Waals surface area contributed by atoms with Gasteiger partial charge in [0.05, 0.1) is 17.8 Å². The molecule has 0 radical (unpaired) electrons. The van der Waals surface area contributed by atoms with Crippen LogP contribution in [0.25, 0.3) is 0 Å². The SMILES string of the molecule is CC(C)NCc1ccc(S(=O)(=O)NCc2cnc[nH]2)cc1. The molecular weight excluding hydrogens is 288 g/mol. The van der Waals surface area contributed by atoms with Gasteiger partial charge in [-0.3, -0.25) is 0 Å². The van der Waals surface area contributed by atoms with Crippen molar-refractivity contribution in [3.05, 3.63) is 48.0 Å². The Kier molecular flexibility index (Phi) is 5.11. The second kappa shape index (κ2) is 6.84. The predicted octanol–water partition coefficient (Wildman–Crippen LogP) is 1.39. The van der Waals surface area contributed by atoms with E-state index < -0.39 is 10.0 Å². The molecule has 2 aromatic rings. The minimum absolute atomic E-state index is 0.193. The summed E-state index contributed by atoms with van der Waals surface area (Å²) in [5.41, 5.74) is 1.77. The van der Waals surface area contributed by atoms with E-state index in [1.807, 2.05) is 12.1 Å². The third-order valence-electron chi connectivity index (χ3n) is 2.96. The van der Waals surface area contributed by atoms with Crippen LogP contribution in [0.1, 0.15) is 25.1 Å². The van der Waals surface area contributed by atoms with Gasteiger partial charge in [-0.2, -0.15) is 0 Å². The first-order chi connectivity index (χ1) is 9.97. The normalized spacial score (nSPS) is 12.0. The summed E-state index contributed by atoms with van der Waals surface area (Å²) in [7, 11) is -3.50. The number of H-pyrrole nitrogens is 1. The minimum Gasteiger partial charge on any atom is -0.347 e. The van der Waals surface area contributed by atoms with Crippen molar-refractivity contribution in [2.45, 2.75) is 37.9 Å². The Hall–Kier alpha value is -1.70. The Morgan fingerprint density at radius 3 is 2.48 bits per heavy atom. The fourth-order valence-electron chi connectivity index (χ4n) is 1.75. The molecule has 0 aliphatic heterocycles. The lowest BCUT2D eigenvalue weighted by atomic mass is 10.2. The average Bonchev–Trinajstić information content (AvgIpc) is 2.97. The third kappa shape index (κ3) is 4.66. The quantitative estimate of drug-likeness (QED) is 0.721. The summed E-state index contributed by atoms with van der Waals surface area (Å²) in [5.74, 6) is 0.